The van der Waals surface area contributed by atoms with Crippen molar-refractivity contribution >= 4 is 29.1 Å². The summed E-state index contributed by atoms with van der Waals surface area (Å²) >= 11 is 13.3. The molecular weight excluding hydrogens is 441 g/mol. The van der Waals surface area contributed by atoms with E-state index in [1.54, 1.807) is 20.3 Å². The van der Waals surface area contributed by atoms with Crippen molar-refractivity contribution < 1.29 is 19.0 Å². The summed E-state index contributed by atoms with van der Waals surface area (Å²) < 4.78 is 16.5. The summed E-state index contributed by atoms with van der Waals surface area (Å²) in [6, 6.07) is 1.58. The largest absolute Gasteiger partial charge is 0.495 e. The van der Waals surface area contributed by atoms with E-state index in [9.17, 15) is 4.79 Å². The van der Waals surface area contributed by atoms with E-state index >= 15 is 0 Å². The highest BCUT2D eigenvalue weighted by Crippen LogP contribution is 2.47. The van der Waals surface area contributed by atoms with Gasteiger partial charge in [0.25, 0.3) is 0 Å². The van der Waals surface area contributed by atoms with Crippen LogP contribution in [0.25, 0.3) is 0 Å². The number of nitrogens with one attached hydrogen (secondary N) is 2. The average Bonchev–Trinajstić information content (AvgIpc) is 3.40. The summed E-state index contributed by atoms with van der Waals surface area (Å²) in [4.78, 5) is 11.8. The number of carbonyl (C=O) groups is 1. The maximum atomic E-state index is 11.8. The minimum Gasteiger partial charge on any atom is -0.495 e. The first kappa shape index (κ1) is 22.0. The Balaban J connectivity index is 1.61. The highest BCUT2D eigenvalue weighted by Gasteiger charge is 2.37. The lowest BCUT2D eigenvalue weighted by Gasteiger charge is -2.27. The van der Waals surface area contributed by atoms with Crippen molar-refractivity contribution in [3.63, 3.8) is 0 Å². The van der Waals surface area contributed by atoms with Crippen LogP contribution < -0.4 is 14.8 Å². The predicted molar refractivity (Wildman–Crippen MR) is 119 cm³/mol. The highest BCUT2D eigenvalue weighted by molar-refractivity contribution is 6.38. The number of H-pyrrole nitrogens is 1. The van der Waals surface area contributed by atoms with E-state index in [1.807, 2.05) is 0 Å². The molecule has 0 radical (unpaired) electrons. The summed E-state index contributed by atoms with van der Waals surface area (Å²) in [5.74, 6) is 0.975. The molecule has 1 fully saturated rings. The van der Waals surface area contributed by atoms with Gasteiger partial charge in [-0.05, 0) is 36.8 Å². The molecule has 31 heavy (non-hydrogen) atoms. The predicted octanol–water partition coefficient (Wildman–Crippen LogP) is 3.79. The number of hydrogen-bond acceptors (Lipinski definition) is 5. The topological polar surface area (TPSA) is 85.5 Å². The van der Waals surface area contributed by atoms with Crippen LogP contribution in [0.1, 0.15) is 40.8 Å². The molecule has 2 N–H and O–H groups in total. The fourth-order valence-corrected chi connectivity index (χ4v) is 5.37. The fourth-order valence-electron chi connectivity index (χ4n) is 4.56. The van der Waals surface area contributed by atoms with Gasteiger partial charge in [0.15, 0.2) is 0 Å². The molecule has 1 aromatic carbocycles. The van der Waals surface area contributed by atoms with Crippen LogP contribution in [0.2, 0.25) is 10.0 Å². The van der Waals surface area contributed by atoms with E-state index in [0.29, 0.717) is 34.8 Å². The molecule has 1 aromatic heterocycles. The molecule has 1 aliphatic heterocycles. The molecule has 0 spiro atoms. The SMILES string of the molecule is C=CC(=O)N[C@@H]1COC[C@@H]1c1n[nH]c2c1CCC(c1c(Cl)c(OC)cc(OC)c1Cl)C2. The lowest BCUT2D eigenvalue weighted by Crippen LogP contribution is -2.38. The summed E-state index contributed by atoms with van der Waals surface area (Å²) in [6.45, 7) is 4.51. The molecule has 1 unspecified atom stereocenters. The highest BCUT2D eigenvalue weighted by atomic mass is 35.5. The molecule has 3 atom stereocenters. The summed E-state index contributed by atoms with van der Waals surface area (Å²) in [5, 5.41) is 11.8. The zero-order chi connectivity index (χ0) is 22.1. The zero-order valence-electron chi connectivity index (χ0n) is 17.5. The summed E-state index contributed by atoms with van der Waals surface area (Å²) in [5.41, 5.74) is 4.04. The van der Waals surface area contributed by atoms with Crippen molar-refractivity contribution in [1.82, 2.24) is 15.5 Å². The first-order valence-corrected chi connectivity index (χ1v) is 10.9. The van der Waals surface area contributed by atoms with Gasteiger partial charge in [0, 0.05) is 23.2 Å². The lowest BCUT2D eigenvalue weighted by atomic mass is 9.80. The van der Waals surface area contributed by atoms with E-state index in [4.69, 9.17) is 37.4 Å². The lowest BCUT2D eigenvalue weighted by molar-refractivity contribution is -0.117. The number of halogens is 2. The zero-order valence-corrected chi connectivity index (χ0v) is 19.0. The van der Waals surface area contributed by atoms with Crippen LogP contribution in [-0.4, -0.2) is 49.6 Å². The Hall–Kier alpha value is -2.22. The molecule has 4 rings (SSSR count). The molecule has 0 saturated carbocycles. The third kappa shape index (κ3) is 4.02. The van der Waals surface area contributed by atoms with Gasteiger partial charge in [-0.2, -0.15) is 5.10 Å². The molecule has 7 nitrogen and oxygen atoms in total. The van der Waals surface area contributed by atoms with Crippen LogP contribution in [0.15, 0.2) is 18.7 Å². The van der Waals surface area contributed by atoms with Crippen molar-refractivity contribution in [3.8, 4) is 11.5 Å². The number of fused-ring (bicyclic) bond motifs is 1. The number of nitrogens with zero attached hydrogens (tertiary/aromatic N) is 1. The van der Waals surface area contributed by atoms with Crippen molar-refractivity contribution in [2.24, 2.45) is 0 Å². The molecule has 1 amide bonds. The van der Waals surface area contributed by atoms with Gasteiger partial charge in [-0.3, -0.25) is 9.89 Å². The van der Waals surface area contributed by atoms with E-state index < -0.39 is 0 Å². The molecule has 1 saturated heterocycles. The second-order valence-electron chi connectivity index (χ2n) is 7.79. The smallest absolute Gasteiger partial charge is 0.243 e. The Morgan fingerprint density at radius 2 is 2.00 bits per heavy atom. The minimum absolute atomic E-state index is 0.00420. The molecule has 2 heterocycles. The normalized spacial score (nSPS) is 22.6. The Kier molecular flexibility index (Phi) is 6.46. The summed E-state index contributed by atoms with van der Waals surface area (Å²) in [7, 11) is 3.15. The van der Waals surface area contributed by atoms with Crippen molar-refractivity contribution in [1.29, 1.82) is 0 Å². The molecule has 2 aliphatic rings. The van der Waals surface area contributed by atoms with Gasteiger partial charge in [-0.25, -0.2) is 0 Å². The maximum Gasteiger partial charge on any atom is 0.243 e. The van der Waals surface area contributed by atoms with Gasteiger partial charge >= 0.3 is 0 Å². The van der Waals surface area contributed by atoms with Crippen LogP contribution in [0.4, 0.5) is 0 Å². The second-order valence-corrected chi connectivity index (χ2v) is 8.55. The maximum absolute atomic E-state index is 11.8. The second kappa shape index (κ2) is 9.10. The Morgan fingerprint density at radius 1 is 1.29 bits per heavy atom. The van der Waals surface area contributed by atoms with E-state index in [1.165, 1.54) is 11.6 Å². The fraction of sp³-hybridized carbons (Fsp3) is 0.455. The van der Waals surface area contributed by atoms with Gasteiger partial charge in [-0.1, -0.05) is 29.8 Å². The Labute approximate surface area is 191 Å². The number of carbonyl (C=O) groups excluding carboxylic acids is 1. The number of aromatic amines is 1. The standard InChI is InChI=1S/C22H25Cl2N3O4/c1-4-18(28)25-15-10-31-9-13(15)22-12-6-5-11(7-14(12)26-27-22)19-20(23)16(29-2)8-17(30-3)21(19)24/h4,8,11,13,15H,1,5-7,9-10H2,2-3H3,(H,25,28)(H,26,27)/t11?,13-,15+/m0/s1. The number of amides is 1. The van der Waals surface area contributed by atoms with E-state index in [2.05, 4.69) is 22.1 Å². The van der Waals surface area contributed by atoms with Crippen LogP contribution in [0.5, 0.6) is 11.5 Å². The first-order chi connectivity index (χ1) is 15.0. The monoisotopic (exact) mass is 465 g/mol. The van der Waals surface area contributed by atoms with Crippen LogP contribution in [-0.2, 0) is 22.4 Å². The quantitative estimate of drug-likeness (QED) is 0.633. The van der Waals surface area contributed by atoms with Gasteiger partial charge in [0.1, 0.15) is 11.5 Å². The molecule has 166 valence electrons. The number of rotatable bonds is 6. The molecule has 2 aromatic rings. The number of benzene rings is 1. The summed E-state index contributed by atoms with van der Waals surface area (Å²) in [6.07, 6.45) is 3.66. The van der Waals surface area contributed by atoms with E-state index in [-0.39, 0.29) is 23.8 Å². The first-order valence-electron chi connectivity index (χ1n) is 10.1. The molecule has 9 heteroatoms. The molecule has 1 aliphatic carbocycles. The van der Waals surface area contributed by atoms with Crippen molar-refractivity contribution in [2.45, 2.75) is 37.1 Å². The number of aromatic nitrogens is 2. The van der Waals surface area contributed by atoms with Gasteiger partial charge in [0.05, 0.1) is 49.2 Å². The van der Waals surface area contributed by atoms with Gasteiger partial charge < -0.3 is 19.5 Å². The van der Waals surface area contributed by atoms with Gasteiger partial charge in [-0.15, -0.1) is 0 Å². The number of methoxy groups -OCH3 is 2. The van der Waals surface area contributed by atoms with Gasteiger partial charge in [0.2, 0.25) is 5.91 Å². The average molecular weight is 466 g/mol. The number of hydrogen-bond donors (Lipinski definition) is 2. The van der Waals surface area contributed by atoms with Crippen molar-refractivity contribution in [2.75, 3.05) is 27.4 Å². The van der Waals surface area contributed by atoms with Crippen LogP contribution in [0.3, 0.4) is 0 Å². The van der Waals surface area contributed by atoms with Crippen molar-refractivity contribution in [3.05, 3.63) is 51.3 Å². The van der Waals surface area contributed by atoms with Crippen LogP contribution in [0, 0.1) is 0 Å². The third-order valence-electron chi connectivity index (χ3n) is 6.14. The third-order valence-corrected chi connectivity index (χ3v) is 6.92. The van der Waals surface area contributed by atoms with Crippen LogP contribution >= 0.6 is 23.2 Å². The van der Waals surface area contributed by atoms with E-state index in [0.717, 1.165) is 36.2 Å². The Morgan fingerprint density at radius 3 is 2.65 bits per heavy atom. The molecular formula is C22H25Cl2N3O4. The minimum atomic E-state index is -0.207. The Bertz CT molecular complexity index is 979. The molecule has 0 bridgehead atoms. The number of ether oxygens (including phenoxy) is 3.